The first-order valence-corrected chi connectivity index (χ1v) is 11.4. The van der Waals surface area contributed by atoms with Gasteiger partial charge in [0.1, 0.15) is 40.1 Å². The average Bonchev–Trinajstić information content (AvgIpc) is 3.27. The van der Waals surface area contributed by atoms with Crippen LogP contribution in [0.2, 0.25) is 0 Å². The van der Waals surface area contributed by atoms with Gasteiger partial charge in [0, 0.05) is 5.39 Å². The zero-order chi connectivity index (χ0) is 19.3. The van der Waals surface area contributed by atoms with Crippen LogP contribution in [0.4, 0.5) is 0 Å². The molecule has 4 heterocycles. The number of hydrogen-bond donors (Lipinski definition) is 4. The molecule has 1 aliphatic rings. The van der Waals surface area contributed by atoms with E-state index in [0.717, 1.165) is 20.6 Å². The van der Waals surface area contributed by atoms with E-state index in [1.54, 1.807) is 4.57 Å². The lowest BCUT2D eigenvalue weighted by molar-refractivity contribution is -0.0481. The lowest BCUT2D eigenvalue weighted by atomic mass is 10.1. The number of fused-ring (bicyclic) bond motifs is 3. The minimum absolute atomic E-state index is 0.545. The first-order valence-electron chi connectivity index (χ1n) is 7.79. The predicted molar refractivity (Wildman–Crippen MR) is 98.6 cm³/mol. The van der Waals surface area contributed by atoms with Crippen LogP contribution in [-0.4, -0.2) is 65.7 Å². The van der Waals surface area contributed by atoms with Crippen molar-refractivity contribution in [1.29, 1.82) is 0 Å². The molecule has 0 unspecified atom stereocenters. The Bertz CT molecular complexity index is 1030. The highest BCUT2D eigenvalue weighted by atomic mass is 32.2. The van der Waals surface area contributed by atoms with Crippen LogP contribution >= 0.6 is 30.9 Å². The number of phosphoric acid groups is 1. The summed E-state index contributed by atoms with van der Waals surface area (Å²) in [6.07, 6.45) is -1.49. The maximum absolute atomic E-state index is 10.9. The van der Waals surface area contributed by atoms with Gasteiger partial charge in [-0.1, -0.05) is 0 Å². The summed E-state index contributed by atoms with van der Waals surface area (Å²) in [4.78, 5) is 27.1. The van der Waals surface area contributed by atoms with Crippen molar-refractivity contribution < 1.29 is 33.8 Å². The highest BCUT2D eigenvalue weighted by Crippen LogP contribution is 2.42. The molecule has 13 heteroatoms. The van der Waals surface area contributed by atoms with Crippen LogP contribution < -0.4 is 0 Å². The second-order valence-electron chi connectivity index (χ2n) is 5.92. The average molecular weight is 433 g/mol. The van der Waals surface area contributed by atoms with Crippen LogP contribution in [0.25, 0.3) is 21.3 Å². The van der Waals surface area contributed by atoms with Crippen LogP contribution in [0.5, 0.6) is 0 Å². The summed E-state index contributed by atoms with van der Waals surface area (Å²) in [5, 5.41) is 25.2. The molecule has 4 N–H and O–H groups in total. The standard InChI is InChI=1S/C14H16N3O7PS2/c1-26-12-8-6-2-3-27-14(6)17(11(8)15-5-16-12)13-10(19)9(18)7(24-13)4-23-25(20,21)22/h2-3,5,7,9-10,13,18-19H,4H2,1H3,(H2,20,21,22)/t7-,9-,10-,13-/m1/s1. The second kappa shape index (κ2) is 7.07. The van der Waals surface area contributed by atoms with E-state index in [1.165, 1.54) is 29.4 Å². The van der Waals surface area contributed by atoms with Crippen molar-refractivity contribution in [2.24, 2.45) is 0 Å². The van der Waals surface area contributed by atoms with Gasteiger partial charge in [0.05, 0.1) is 12.0 Å². The smallest absolute Gasteiger partial charge is 0.387 e. The zero-order valence-corrected chi connectivity index (χ0v) is 16.4. The number of thioether (sulfide) groups is 1. The van der Waals surface area contributed by atoms with Gasteiger partial charge in [0.2, 0.25) is 0 Å². The van der Waals surface area contributed by atoms with Crippen molar-refractivity contribution in [2.75, 3.05) is 12.9 Å². The Balaban J connectivity index is 1.77. The van der Waals surface area contributed by atoms with Crippen molar-refractivity contribution in [3.8, 4) is 0 Å². The molecule has 1 fully saturated rings. The maximum atomic E-state index is 10.9. The van der Waals surface area contributed by atoms with E-state index in [9.17, 15) is 14.8 Å². The summed E-state index contributed by atoms with van der Waals surface area (Å²) >= 11 is 2.89. The Kier molecular flexibility index (Phi) is 5.04. The summed E-state index contributed by atoms with van der Waals surface area (Å²) < 4.78 is 22.8. The first-order chi connectivity index (χ1) is 12.8. The third-order valence-electron chi connectivity index (χ3n) is 4.35. The molecule has 0 spiro atoms. The minimum Gasteiger partial charge on any atom is -0.387 e. The first kappa shape index (κ1) is 19.2. The molecule has 0 radical (unpaired) electrons. The number of hydrogen-bond acceptors (Lipinski definition) is 9. The normalized spacial score (nSPS) is 26.4. The van der Waals surface area contributed by atoms with Gasteiger partial charge in [-0.15, -0.1) is 23.1 Å². The molecule has 27 heavy (non-hydrogen) atoms. The topological polar surface area (TPSA) is 147 Å². The van der Waals surface area contributed by atoms with Gasteiger partial charge >= 0.3 is 7.82 Å². The molecule has 0 bridgehead atoms. The molecule has 4 atom stereocenters. The maximum Gasteiger partial charge on any atom is 0.469 e. The van der Waals surface area contributed by atoms with E-state index in [1.807, 2.05) is 17.7 Å². The van der Waals surface area contributed by atoms with Crippen molar-refractivity contribution in [2.45, 2.75) is 29.6 Å². The van der Waals surface area contributed by atoms with E-state index >= 15 is 0 Å². The van der Waals surface area contributed by atoms with Crippen LogP contribution in [0.15, 0.2) is 22.8 Å². The van der Waals surface area contributed by atoms with Crippen molar-refractivity contribution >= 4 is 52.2 Å². The Labute approximate surface area is 161 Å². The molecule has 10 nitrogen and oxygen atoms in total. The molecule has 3 aromatic rings. The molecule has 0 aromatic carbocycles. The summed E-state index contributed by atoms with van der Waals surface area (Å²) in [5.74, 6) is 0. The number of rotatable bonds is 5. The third-order valence-corrected chi connectivity index (χ3v) is 6.44. The van der Waals surface area contributed by atoms with Gasteiger partial charge in [-0.25, -0.2) is 14.5 Å². The molecule has 0 aliphatic carbocycles. The van der Waals surface area contributed by atoms with Gasteiger partial charge in [-0.2, -0.15) is 0 Å². The zero-order valence-electron chi connectivity index (χ0n) is 13.9. The summed E-state index contributed by atoms with van der Waals surface area (Å²) in [5.41, 5.74) is 0.545. The third kappa shape index (κ3) is 3.31. The fourth-order valence-electron chi connectivity index (χ4n) is 3.19. The largest absolute Gasteiger partial charge is 0.469 e. The minimum atomic E-state index is -4.72. The van der Waals surface area contributed by atoms with E-state index in [0.29, 0.717) is 5.65 Å². The number of thiophene rings is 1. The Morgan fingerprint density at radius 3 is 2.85 bits per heavy atom. The van der Waals surface area contributed by atoms with Gasteiger partial charge in [-0.3, -0.25) is 9.09 Å². The van der Waals surface area contributed by atoms with Gasteiger partial charge < -0.3 is 24.7 Å². The summed E-state index contributed by atoms with van der Waals surface area (Å²) in [6.45, 7) is -0.559. The lowest BCUT2D eigenvalue weighted by Gasteiger charge is -2.18. The van der Waals surface area contributed by atoms with E-state index < -0.39 is 39.0 Å². The molecule has 0 saturated carbocycles. The van der Waals surface area contributed by atoms with E-state index in [4.69, 9.17) is 14.5 Å². The number of aliphatic hydroxyl groups excluding tert-OH is 2. The molecule has 4 rings (SSSR count). The van der Waals surface area contributed by atoms with Crippen LogP contribution in [-0.2, 0) is 13.8 Å². The van der Waals surface area contributed by atoms with Gasteiger partial charge in [0.25, 0.3) is 0 Å². The SMILES string of the molecule is CSc1ncnc2c1c1ccsc1n2[C@@H]1O[C@H](COP(=O)(O)O)[C@@H](O)[C@H]1O. The number of aliphatic hydroxyl groups is 2. The van der Waals surface area contributed by atoms with Gasteiger partial charge in [-0.05, 0) is 17.7 Å². The fraction of sp³-hybridized carbons (Fsp3) is 0.429. The van der Waals surface area contributed by atoms with Crippen molar-refractivity contribution in [3.05, 3.63) is 17.8 Å². The van der Waals surface area contributed by atoms with Crippen molar-refractivity contribution in [3.63, 3.8) is 0 Å². The lowest BCUT2D eigenvalue weighted by Crippen LogP contribution is -2.33. The molecule has 1 saturated heterocycles. The van der Waals surface area contributed by atoms with Crippen LogP contribution in [0.3, 0.4) is 0 Å². The molecular formula is C14H16N3O7PS2. The molecule has 0 amide bonds. The molecule has 146 valence electrons. The number of nitrogens with zero attached hydrogens (tertiary/aromatic N) is 3. The Morgan fingerprint density at radius 2 is 2.15 bits per heavy atom. The highest BCUT2D eigenvalue weighted by molar-refractivity contribution is 7.98. The molecule has 1 aliphatic heterocycles. The highest BCUT2D eigenvalue weighted by Gasteiger charge is 2.45. The van der Waals surface area contributed by atoms with Gasteiger partial charge in [0.15, 0.2) is 6.23 Å². The summed E-state index contributed by atoms with van der Waals surface area (Å²) in [6, 6.07) is 1.92. The Hall–Kier alpha value is -1.08. The Morgan fingerprint density at radius 1 is 1.37 bits per heavy atom. The fourth-order valence-corrected chi connectivity index (χ4v) is 5.03. The monoisotopic (exact) mass is 433 g/mol. The number of aromatic nitrogens is 3. The predicted octanol–water partition coefficient (Wildman–Crippen LogP) is 1.10. The second-order valence-corrected chi connectivity index (χ2v) is 8.85. The van der Waals surface area contributed by atoms with Crippen molar-refractivity contribution in [1.82, 2.24) is 14.5 Å². The quantitative estimate of drug-likeness (QED) is 0.262. The van der Waals surface area contributed by atoms with E-state index in [2.05, 4.69) is 14.5 Å². The van der Waals surface area contributed by atoms with Crippen LogP contribution in [0.1, 0.15) is 6.23 Å². The molecule has 3 aromatic heterocycles. The number of ether oxygens (including phenoxy) is 1. The number of phosphoric ester groups is 1. The van der Waals surface area contributed by atoms with E-state index in [-0.39, 0.29) is 0 Å². The molecular weight excluding hydrogens is 417 g/mol. The van der Waals surface area contributed by atoms with Crippen LogP contribution in [0, 0.1) is 0 Å². The summed E-state index contributed by atoms with van der Waals surface area (Å²) in [7, 11) is -4.72.